The second kappa shape index (κ2) is 10.1. The predicted molar refractivity (Wildman–Crippen MR) is 153 cm³/mol. The molecule has 1 N–H and O–H groups in total. The Morgan fingerprint density at radius 1 is 1.05 bits per heavy atom. The van der Waals surface area contributed by atoms with Gasteiger partial charge in [0.25, 0.3) is 0 Å². The summed E-state index contributed by atoms with van der Waals surface area (Å²) in [7, 11) is 1.38. The number of imide groups is 2. The minimum atomic E-state index is -1.34. The number of methoxy groups -OCH3 is 1. The van der Waals surface area contributed by atoms with Crippen LogP contribution in [0.15, 0.2) is 42.0 Å². The number of nitrogens with zero attached hydrogens (tertiary/aromatic N) is 2. The van der Waals surface area contributed by atoms with E-state index in [0.717, 1.165) is 16.5 Å². The van der Waals surface area contributed by atoms with Crippen molar-refractivity contribution in [3.05, 3.63) is 63.4 Å². The summed E-state index contributed by atoms with van der Waals surface area (Å²) in [4.78, 5) is 57.9. The third-order valence-electron chi connectivity index (χ3n) is 9.58. The van der Waals surface area contributed by atoms with Crippen molar-refractivity contribution >= 4 is 52.5 Å². The van der Waals surface area contributed by atoms with Crippen molar-refractivity contribution in [2.45, 2.75) is 39.0 Å². The quantitative estimate of drug-likeness (QED) is 0.353. The molecular weight excluding hydrogens is 586 g/mol. The zero-order valence-electron chi connectivity index (χ0n) is 23.2. The zero-order chi connectivity index (χ0) is 30.2. The van der Waals surface area contributed by atoms with Crippen LogP contribution in [0.1, 0.15) is 44.6 Å². The van der Waals surface area contributed by atoms with Gasteiger partial charge < -0.3 is 9.84 Å². The highest BCUT2D eigenvalue weighted by molar-refractivity contribution is 6.32. The van der Waals surface area contributed by atoms with Crippen LogP contribution < -0.4 is 9.64 Å². The maximum Gasteiger partial charge on any atom is 0.241 e. The van der Waals surface area contributed by atoms with Crippen LogP contribution in [-0.2, 0) is 19.2 Å². The monoisotopic (exact) mass is 614 g/mol. The summed E-state index contributed by atoms with van der Waals surface area (Å²) in [5.41, 5.74) is 0.105. The van der Waals surface area contributed by atoms with Gasteiger partial charge in [0.15, 0.2) is 11.5 Å². The second-order valence-corrected chi connectivity index (χ2v) is 12.5. The number of fused-ring (bicyclic) bond motifs is 4. The molecule has 4 amide bonds. The summed E-state index contributed by atoms with van der Waals surface area (Å²) >= 11 is 12.5. The van der Waals surface area contributed by atoms with Crippen molar-refractivity contribution in [1.29, 1.82) is 0 Å². The van der Waals surface area contributed by atoms with Crippen molar-refractivity contribution in [3.8, 4) is 11.5 Å². The number of aromatic hydroxyl groups is 1. The number of phenolic OH excluding ortho intramolecular Hbond substituents is 1. The largest absolute Gasteiger partial charge is 0.503 e. The Kier molecular flexibility index (Phi) is 6.89. The average molecular weight is 615 g/mol. The van der Waals surface area contributed by atoms with Crippen molar-refractivity contribution in [2.75, 3.05) is 18.6 Å². The molecule has 6 rings (SSSR count). The lowest BCUT2D eigenvalue weighted by atomic mass is 9.51. The van der Waals surface area contributed by atoms with E-state index in [-0.39, 0.29) is 45.5 Å². The third-order valence-corrected chi connectivity index (χ3v) is 10.2. The summed E-state index contributed by atoms with van der Waals surface area (Å²) in [5.74, 6) is -5.63. The zero-order valence-corrected chi connectivity index (χ0v) is 24.7. The SMILES string of the molecule is CCCN1C(=O)[C@H]2[C@H](CC=C3[C@H]2C[C@H]2C(=O)N(c4ccc(F)c(Cl)c4)C(=O)[C@@]2(C)[C@H]3c2cc(Cl)c(O)c(OC)c2)C1=O. The molecule has 0 radical (unpaired) electrons. The number of anilines is 1. The molecule has 0 unspecified atom stereocenters. The Bertz CT molecular complexity index is 1590. The number of phenols is 1. The van der Waals surface area contributed by atoms with Crippen LogP contribution in [0.25, 0.3) is 0 Å². The number of hydrogen-bond acceptors (Lipinski definition) is 6. The van der Waals surface area contributed by atoms with Crippen molar-refractivity contribution in [3.63, 3.8) is 0 Å². The molecule has 4 aliphatic rings. The highest BCUT2D eigenvalue weighted by Crippen LogP contribution is 2.64. The van der Waals surface area contributed by atoms with Crippen LogP contribution in [0, 0.1) is 34.9 Å². The number of halogens is 3. The Morgan fingerprint density at radius 3 is 2.45 bits per heavy atom. The number of carbonyl (C=O) groups is 4. The molecule has 6 atom stereocenters. The molecule has 3 fully saturated rings. The van der Waals surface area contributed by atoms with Crippen LogP contribution in [0.3, 0.4) is 0 Å². The van der Waals surface area contributed by atoms with Gasteiger partial charge in [0, 0.05) is 12.5 Å². The van der Waals surface area contributed by atoms with E-state index in [1.54, 1.807) is 19.1 Å². The van der Waals surface area contributed by atoms with Gasteiger partial charge in [0.2, 0.25) is 23.6 Å². The number of amides is 4. The third kappa shape index (κ3) is 3.85. The van der Waals surface area contributed by atoms with Crippen LogP contribution in [0.2, 0.25) is 10.0 Å². The van der Waals surface area contributed by atoms with Crippen LogP contribution >= 0.6 is 23.2 Å². The highest BCUT2D eigenvalue weighted by Gasteiger charge is 2.67. The van der Waals surface area contributed by atoms with E-state index in [2.05, 4.69) is 0 Å². The number of benzene rings is 2. The Labute approximate surface area is 252 Å². The number of ether oxygens (including phenoxy) is 1. The molecule has 220 valence electrons. The molecule has 2 aromatic rings. The van der Waals surface area contributed by atoms with Gasteiger partial charge in [-0.1, -0.05) is 41.8 Å². The van der Waals surface area contributed by atoms with Crippen LogP contribution in [0.5, 0.6) is 11.5 Å². The standard InChI is InChI=1S/C31H29Cl2FN2O6/c1-4-9-35-27(38)17-7-6-16-18(24(17)29(35)40)13-19-28(39)36(15-5-8-22(34)20(32)12-15)30(41)31(19,2)25(16)14-10-21(33)26(37)23(11-14)42-3/h5-6,8,10-12,17-19,24-25,37H,4,7,9,13H2,1-3H3/t17-,18+,19-,24-,25-,31+/m0/s1. The van der Waals surface area contributed by atoms with Gasteiger partial charge in [-0.2, -0.15) is 0 Å². The number of carbonyl (C=O) groups excluding carboxylic acids is 4. The van der Waals surface area contributed by atoms with Crippen LogP contribution in [0.4, 0.5) is 10.1 Å². The minimum absolute atomic E-state index is 0.00101. The highest BCUT2D eigenvalue weighted by atomic mass is 35.5. The molecule has 0 aromatic heterocycles. The number of hydrogen-bond donors (Lipinski definition) is 1. The molecule has 2 heterocycles. The molecule has 1 saturated carbocycles. The Hall–Kier alpha value is -3.43. The van der Waals surface area contributed by atoms with Gasteiger partial charge in [0.05, 0.1) is 46.0 Å². The lowest BCUT2D eigenvalue weighted by Gasteiger charge is -2.49. The van der Waals surface area contributed by atoms with E-state index in [9.17, 15) is 28.7 Å². The second-order valence-electron chi connectivity index (χ2n) is 11.6. The average Bonchev–Trinajstić information content (AvgIpc) is 3.31. The first-order chi connectivity index (χ1) is 19.9. The molecule has 0 spiro atoms. The topological polar surface area (TPSA) is 104 Å². The normalized spacial score (nSPS) is 30.3. The summed E-state index contributed by atoms with van der Waals surface area (Å²) in [6.45, 7) is 3.93. The van der Waals surface area contributed by atoms with Gasteiger partial charge in [-0.3, -0.25) is 24.1 Å². The van der Waals surface area contributed by atoms with Gasteiger partial charge in [-0.25, -0.2) is 9.29 Å². The maximum atomic E-state index is 14.4. The molecule has 0 bridgehead atoms. The number of likely N-dealkylation sites (tertiary alicyclic amines) is 1. The number of rotatable bonds is 5. The van der Waals surface area contributed by atoms with Crippen molar-refractivity contribution in [1.82, 2.24) is 4.90 Å². The van der Waals surface area contributed by atoms with Gasteiger partial charge in [0.1, 0.15) is 5.82 Å². The van der Waals surface area contributed by atoms with E-state index in [0.29, 0.717) is 24.9 Å². The molecule has 8 nitrogen and oxygen atoms in total. The summed E-state index contributed by atoms with van der Waals surface area (Å²) in [6.07, 6.45) is 3.05. The van der Waals surface area contributed by atoms with Crippen molar-refractivity contribution in [2.24, 2.45) is 29.1 Å². The smallest absolute Gasteiger partial charge is 0.241 e. The van der Waals surface area contributed by atoms with E-state index < -0.39 is 52.6 Å². The van der Waals surface area contributed by atoms with Gasteiger partial charge in [-0.05, 0) is 68.0 Å². The first-order valence-electron chi connectivity index (χ1n) is 13.9. The van der Waals surface area contributed by atoms with E-state index in [4.69, 9.17) is 27.9 Å². The molecule has 2 saturated heterocycles. The molecule has 2 aliphatic heterocycles. The fraction of sp³-hybridized carbons (Fsp3) is 0.419. The lowest BCUT2D eigenvalue weighted by molar-refractivity contribution is -0.140. The summed E-state index contributed by atoms with van der Waals surface area (Å²) in [6, 6.07) is 6.80. The maximum absolute atomic E-state index is 14.4. The van der Waals surface area contributed by atoms with Crippen LogP contribution in [-0.4, -0.2) is 47.3 Å². The molecular formula is C31H29Cl2FN2O6. The summed E-state index contributed by atoms with van der Waals surface area (Å²) < 4.78 is 19.4. The summed E-state index contributed by atoms with van der Waals surface area (Å²) in [5, 5.41) is 10.2. The van der Waals surface area contributed by atoms with Gasteiger partial charge >= 0.3 is 0 Å². The van der Waals surface area contributed by atoms with Crippen molar-refractivity contribution < 1.29 is 33.4 Å². The lowest BCUT2D eigenvalue weighted by Crippen LogP contribution is -2.48. The first-order valence-corrected chi connectivity index (χ1v) is 14.7. The van der Waals surface area contributed by atoms with E-state index in [1.807, 2.05) is 13.0 Å². The van der Waals surface area contributed by atoms with Gasteiger partial charge in [-0.15, -0.1) is 0 Å². The Morgan fingerprint density at radius 2 is 1.79 bits per heavy atom. The fourth-order valence-electron chi connectivity index (χ4n) is 7.69. The first kappa shape index (κ1) is 28.7. The van der Waals surface area contributed by atoms with E-state index in [1.165, 1.54) is 24.1 Å². The molecule has 42 heavy (non-hydrogen) atoms. The minimum Gasteiger partial charge on any atom is -0.503 e. The predicted octanol–water partition coefficient (Wildman–Crippen LogP) is 5.49. The fourth-order valence-corrected chi connectivity index (χ4v) is 8.08. The van der Waals surface area contributed by atoms with E-state index >= 15 is 0 Å². The molecule has 11 heteroatoms. The molecule has 2 aromatic carbocycles. The Balaban J connectivity index is 1.54. The molecule has 2 aliphatic carbocycles. The number of allylic oxidation sites excluding steroid dienone is 2.